The number of ether oxygens (including phenoxy) is 1. The Bertz CT molecular complexity index is 662. The summed E-state index contributed by atoms with van der Waals surface area (Å²) in [6, 6.07) is 4.68. The minimum absolute atomic E-state index is 0.0649. The molecule has 0 saturated carbocycles. The molecule has 7 heteroatoms. The molecule has 0 atom stereocenters. The monoisotopic (exact) mass is 307 g/mol. The molecule has 1 aromatic carbocycles. The number of amides is 1. The SMILES string of the molecule is CC(C)(C)OC(=O)Nc1ccc(O)c(-c2csc(N)n2)c1. The van der Waals surface area contributed by atoms with Gasteiger partial charge in [0.1, 0.15) is 11.4 Å². The van der Waals surface area contributed by atoms with Gasteiger partial charge in [0.15, 0.2) is 5.13 Å². The van der Waals surface area contributed by atoms with Crippen molar-refractivity contribution in [3.63, 3.8) is 0 Å². The predicted octanol–water partition coefficient (Wildman–Crippen LogP) is 3.44. The topological polar surface area (TPSA) is 97.5 Å². The third-order valence-corrected chi connectivity index (χ3v) is 3.11. The Morgan fingerprint density at radius 2 is 2.14 bits per heavy atom. The largest absolute Gasteiger partial charge is 0.507 e. The number of nitrogens with two attached hydrogens (primary N) is 1. The van der Waals surface area contributed by atoms with E-state index in [9.17, 15) is 9.90 Å². The first-order valence-electron chi connectivity index (χ1n) is 6.29. The average molecular weight is 307 g/mol. The Labute approximate surface area is 126 Å². The van der Waals surface area contributed by atoms with Crippen LogP contribution in [0.25, 0.3) is 11.3 Å². The van der Waals surface area contributed by atoms with Gasteiger partial charge in [-0.2, -0.15) is 0 Å². The number of anilines is 2. The number of carbonyl (C=O) groups excluding carboxylic acids is 1. The van der Waals surface area contributed by atoms with Gasteiger partial charge in [-0.25, -0.2) is 9.78 Å². The normalized spacial score (nSPS) is 11.2. The van der Waals surface area contributed by atoms with E-state index in [0.29, 0.717) is 22.1 Å². The molecular formula is C14H17N3O3S. The lowest BCUT2D eigenvalue weighted by atomic mass is 10.1. The third-order valence-electron chi connectivity index (χ3n) is 2.44. The molecule has 1 aromatic heterocycles. The molecule has 4 N–H and O–H groups in total. The van der Waals surface area contributed by atoms with Crippen molar-refractivity contribution in [3.8, 4) is 17.0 Å². The maximum Gasteiger partial charge on any atom is 0.412 e. The second-order valence-corrected chi connectivity index (χ2v) is 6.32. The lowest BCUT2D eigenvalue weighted by Gasteiger charge is -2.19. The fraction of sp³-hybridized carbons (Fsp3) is 0.286. The van der Waals surface area contributed by atoms with E-state index in [1.165, 1.54) is 17.4 Å². The summed E-state index contributed by atoms with van der Waals surface area (Å²) in [4.78, 5) is 15.8. The number of rotatable bonds is 2. The van der Waals surface area contributed by atoms with Crippen LogP contribution in [0.1, 0.15) is 20.8 Å². The Morgan fingerprint density at radius 1 is 1.43 bits per heavy atom. The van der Waals surface area contributed by atoms with E-state index in [2.05, 4.69) is 10.3 Å². The summed E-state index contributed by atoms with van der Waals surface area (Å²) in [5, 5.41) is 14.7. The second-order valence-electron chi connectivity index (χ2n) is 5.43. The van der Waals surface area contributed by atoms with Crippen LogP contribution < -0.4 is 11.1 Å². The summed E-state index contributed by atoms with van der Waals surface area (Å²) in [6.07, 6.45) is -0.558. The number of nitrogen functional groups attached to an aromatic ring is 1. The Kier molecular flexibility index (Phi) is 4.04. The van der Waals surface area contributed by atoms with Crippen molar-refractivity contribution in [1.29, 1.82) is 0 Å². The smallest absolute Gasteiger partial charge is 0.412 e. The Hall–Kier alpha value is -2.28. The molecule has 0 aliphatic heterocycles. The molecule has 1 heterocycles. The van der Waals surface area contributed by atoms with Crippen LogP contribution in [0.15, 0.2) is 23.6 Å². The number of carbonyl (C=O) groups is 1. The van der Waals surface area contributed by atoms with Gasteiger partial charge in [0, 0.05) is 16.6 Å². The molecule has 0 unspecified atom stereocenters. The zero-order valence-electron chi connectivity index (χ0n) is 12.0. The van der Waals surface area contributed by atoms with Crippen molar-refractivity contribution >= 4 is 28.2 Å². The highest BCUT2D eigenvalue weighted by molar-refractivity contribution is 7.13. The Morgan fingerprint density at radius 3 is 2.71 bits per heavy atom. The first kappa shape index (κ1) is 15.1. The van der Waals surface area contributed by atoms with E-state index >= 15 is 0 Å². The Balaban J connectivity index is 2.21. The van der Waals surface area contributed by atoms with Gasteiger partial charge in [0.05, 0.1) is 5.69 Å². The zero-order chi connectivity index (χ0) is 15.6. The van der Waals surface area contributed by atoms with Crippen molar-refractivity contribution in [2.75, 3.05) is 11.1 Å². The molecule has 2 rings (SSSR count). The number of phenols is 1. The summed E-state index contributed by atoms with van der Waals surface area (Å²) >= 11 is 1.28. The molecule has 0 aliphatic carbocycles. The van der Waals surface area contributed by atoms with Crippen molar-refractivity contribution in [3.05, 3.63) is 23.6 Å². The lowest BCUT2D eigenvalue weighted by molar-refractivity contribution is 0.0636. The summed E-state index contributed by atoms with van der Waals surface area (Å²) in [7, 11) is 0. The van der Waals surface area contributed by atoms with Gasteiger partial charge in [-0.1, -0.05) is 0 Å². The number of thiazole rings is 1. The number of nitrogens with one attached hydrogen (secondary N) is 1. The minimum atomic E-state index is -0.576. The third kappa shape index (κ3) is 4.09. The van der Waals surface area contributed by atoms with Gasteiger partial charge in [-0.3, -0.25) is 5.32 Å². The van der Waals surface area contributed by atoms with Crippen molar-refractivity contribution < 1.29 is 14.6 Å². The van der Waals surface area contributed by atoms with Crippen LogP contribution in [-0.2, 0) is 4.74 Å². The molecule has 0 bridgehead atoms. The van der Waals surface area contributed by atoms with Crippen LogP contribution in [0, 0.1) is 0 Å². The van der Waals surface area contributed by atoms with Crippen LogP contribution >= 0.6 is 11.3 Å². The lowest BCUT2D eigenvalue weighted by Crippen LogP contribution is -2.27. The van der Waals surface area contributed by atoms with E-state index < -0.39 is 11.7 Å². The second kappa shape index (κ2) is 5.61. The number of aromatic hydroxyl groups is 1. The van der Waals surface area contributed by atoms with Gasteiger partial charge in [-0.15, -0.1) is 11.3 Å². The molecule has 6 nitrogen and oxygen atoms in total. The number of aromatic nitrogens is 1. The number of nitrogens with zero attached hydrogens (tertiary/aromatic N) is 1. The van der Waals surface area contributed by atoms with Crippen molar-refractivity contribution in [2.45, 2.75) is 26.4 Å². The highest BCUT2D eigenvalue weighted by Gasteiger charge is 2.17. The number of phenolic OH excluding ortho intramolecular Hbond substituents is 1. The first-order valence-corrected chi connectivity index (χ1v) is 7.17. The van der Waals surface area contributed by atoms with Gasteiger partial charge < -0.3 is 15.6 Å². The summed E-state index contributed by atoms with van der Waals surface area (Å²) in [5.41, 5.74) is 6.57. The fourth-order valence-corrected chi connectivity index (χ4v) is 2.21. The van der Waals surface area contributed by atoms with Gasteiger partial charge >= 0.3 is 6.09 Å². The van der Waals surface area contributed by atoms with Crippen LogP contribution in [0.5, 0.6) is 5.75 Å². The van der Waals surface area contributed by atoms with Crippen molar-refractivity contribution in [1.82, 2.24) is 4.98 Å². The molecule has 0 spiro atoms. The van der Waals surface area contributed by atoms with Gasteiger partial charge in [0.25, 0.3) is 0 Å². The summed E-state index contributed by atoms with van der Waals surface area (Å²) < 4.78 is 5.18. The highest BCUT2D eigenvalue weighted by atomic mass is 32.1. The zero-order valence-corrected chi connectivity index (χ0v) is 12.8. The van der Waals surface area contributed by atoms with E-state index in [0.717, 1.165) is 0 Å². The number of hydrogen-bond acceptors (Lipinski definition) is 6. The van der Waals surface area contributed by atoms with Gasteiger partial charge in [0.2, 0.25) is 0 Å². The van der Waals surface area contributed by atoms with Gasteiger partial charge in [-0.05, 0) is 39.0 Å². The average Bonchev–Trinajstić information content (AvgIpc) is 2.76. The summed E-state index contributed by atoms with van der Waals surface area (Å²) in [6.45, 7) is 5.35. The van der Waals surface area contributed by atoms with Crippen LogP contribution in [0.4, 0.5) is 15.6 Å². The quantitative estimate of drug-likeness (QED) is 0.738. The maximum absolute atomic E-state index is 11.7. The summed E-state index contributed by atoms with van der Waals surface area (Å²) in [5.74, 6) is 0.0649. The van der Waals surface area contributed by atoms with Crippen LogP contribution in [-0.4, -0.2) is 21.8 Å². The number of benzene rings is 1. The molecule has 0 fully saturated rings. The predicted molar refractivity (Wildman–Crippen MR) is 83.5 cm³/mol. The van der Waals surface area contributed by atoms with E-state index in [4.69, 9.17) is 10.5 Å². The molecule has 112 valence electrons. The van der Waals surface area contributed by atoms with Crippen LogP contribution in [0.2, 0.25) is 0 Å². The highest BCUT2D eigenvalue weighted by Crippen LogP contribution is 2.33. The minimum Gasteiger partial charge on any atom is -0.507 e. The molecule has 1 amide bonds. The van der Waals surface area contributed by atoms with E-state index in [1.807, 2.05) is 0 Å². The first-order chi connectivity index (χ1) is 9.74. The maximum atomic E-state index is 11.7. The molecule has 2 aromatic rings. The van der Waals surface area contributed by atoms with Crippen molar-refractivity contribution in [2.24, 2.45) is 0 Å². The van der Waals surface area contributed by atoms with E-state index in [1.54, 1.807) is 38.3 Å². The molecule has 0 radical (unpaired) electrons. The molecular weight excluding hydrogens is 290 g/mol. The molecule has 0 aliphatic rings. The standard InChI is InChI=1S/C14H17N3O3S/c1-14(2,3)20-13(19)16-8-4-5-11(18)9(6-8)10-7-21-12(15)17-10/h4-7,18H,1-3H3,(H2,15,17)(H,16,19). The van der Waals surface area contributed by atoms with E-state index in [-0.39, 0.29) is 5.75 Å². The molecule has 21 heavy (non-hydrogen) atoms. The fourth-order valence-electron chi connectivity index (χ4n) is 1.65. The van der Waals surface area contributed by atoms with Crippen LogP contribution in [0.3, 0.4) is 0 Å². The number of hydrogen-bond donors (Lipinski definition) is 3. The molecule has 0 saturated heterocycles.